The second-order valence-electron chi connectivity index (χ2n) is 8.09. The van der Waals surface area contributed by atoms with Gasteiger partial charge in [0, 0.05) is 20.1 Å². The summed E-state index contributed by atoms with van der Waals surface area (Å²) >= 11 is 2.66. The van der Waals surface area contributed by atoms with Gasteiger partial charge in [0.25, 0.3) is 5.91 Å². The zero-order chi connectivity index (χ0) is 22.5. The summed E-state index contributed by atoms with van der Waals surface area (Å²) in [6, 6.07) is 5.30. The molecule has 1 aromatic heterocycles. The lowest BCUT2D eigenvalue weighted by molar-refractivity contribution is -0.130. The number of carbonyl (C=O) groups excluding carboxylic acids is 3. The lowest BCUT2D eigenvalue weighted by atomic mass is 9.92. The van der Waals surface area contributed by atoms with Crippen molar-refractivity contribution in [2.75, 3.05) is 31.2 Å². The molecule has 0 N–H and O–H groups in total. The van der Waals surface area contributed by atoms with Gasteiger partial charge in [-0.3, -0.25) is 9.59 Å². The van der Waals surface area contributed by atoms with Gasteiger partial charge in [-0.05, 0) is 43.4 Å². The Labute approximate surface area is 190 Å². The number of rotatable bonds is 6. The third kappa shape index (κ3) is 5.98. The number of hydrogen-bond donors (Lipinski definition) is 0. The summed E-state index contributed by atoms with van der Waals surface area (Å²) in [5.41, 5.74) is 1.37. The molecule has 1 aromatic carbocycles. The van der Waals surface area contributed by atoms with Crippen molar-refractivity contribution in [1.82, 2.24) is 9.47 Å². The van der Waals surface area contributed by atoms with Crippen molar-refractivity contribution in [2.24, 2.45) is 23.9 Å². The second-order valence-corrected chi connectivity index (χ2v) is 10.1. The van der Waals surface area contributed by atoms with Crippen LogP contribution in [0.4, 0.5) is 0 Å². The predicted molar refractivity (Wildman–Crippen MR) is 124 cm³/mol. The first-order valence-corrected chi connectivity index (χ1v) is 12.4. The number of likely N-dealkylation sites (tertiary alicyclic amines) is 1. The Morgan fingerprint density at radius 3 is 2.58 bits per heavy atom. The van der Waals surface area contributed by atoms with Gasteiger partial charge >= 0.3 is 5.97 Å². The van der Waals surface area contributed by atoms with Crippen LogP contribution in [-0.4, -0.2) is 58.5 Å². The Hall–Kier alpha value is -2.13. The smallest absolute Gasteiger partial charge is 0.338 e. The molecule has 2 unspecified atom stereocenters. The summed E-state index contributed by atoms with van der Waals surface area (Å²) in [6.07, 6.45) is 1.15. The minimum atomic E-state index is -0.367. The molecule has 3 rings (SSSR count). The van der Waals surface area contributed by atoms with Crippen LogP contribution in [0.5, 0.6) is 0 Å². The van der Waals surface area contributed by atoms with Crippen molar-refractivity contribution >= 4 is 51.1 Å². The van der Waals surface area contributed by atoms with Gasteiger partial charge in [-0.25, -0.2) is 4.79 Å². The predicted octanol–water partition coefficient (Wildman–Crippen LogP) is 3.08. The molecule has 1 fully saturated rings. The molecule has 1 aliphatic rings. The van der Waals surface area contributed by atoms with Crippen molar-refractivity contribution < 1.29 is 19.1 Å². The molecule has 2 aromatic rings. The fraction of sp³-hybridized carbons (Fsp3) is 0.545. The Morgan fingerprint density at radius 1 is 1.19 bits per heavy atom. The maximum absolute atomic E-state index is 12.5. The van der Waals surface area contributed by atoms with Crippen LogP contribution in [0, 0.1) is 11.8 Å². The van der Waals surface area contributed by atoms with Crippen molar-refractivity contribution in [2.45, 2.75) is 27.2 Å². The highest BCUT2D eigenvalue weighted by molar-refractivity contribution is 8.00. The molecular formula is C22H29N3O4S2. The number of piperidine rings is 1. The number of carbonyl (C=O) groups is 3. The molecule has 0 aliphatic carbocycles. The first-order valence-electron chi connectivity index (χ1n) is 10.5. The Morgan fingerprint density at radius 2 is 1.90 bits per heavy atom. The fourth-order valence-electron chi connectivity index (χ4n) is 3.90. The van der Waals surface area contributed by atoms with Crippen LogP contribution in [-0.2, 0) is 21.4 Å². The number of amides is 2. The Balaban J connectivity index is 1.62. The maximum Gasteiger partial charge on any atom is 0.338 e. The molecule has 1 aliphatic heterocycles. The van der Waals surface area contributed by atoms with Crippen molar-refractivity contribution in [3.8, 4) is 0 Å². The third-order valence-corrected chi connectivity index (χ3v) is 7.21. The highest BCUT2D eigenvalue weighted by atomic mass is 32.2. The van der Waals surface area contributed by atoms with Crippen LogP contribution in [0.15, 0.2) is 23.2 Å². The zero-order valence-electron chi connectivity index (χ0n) is 18.4. The topological polar surface area (TPSA) is 81.0 Å². The van der Waals surface area contributed by atoms with Crippen LogP contribution in [0.1, 0.15) is 37.6 Å². The van der Waals surface area contributed by atoms with E-state index in [1.165, 1.54) is 23.1 Å². The summed E-state index contributed by atoms with van der Waals surface area (Å²) in [6.45, 7) is 8.03. The van der Waals surface area contributed by atoms with E-state index in [1.54, 1.807) is 19.1 Å². The zero-order valence-corrected chi connectivity index (χ0v) is 20.1. The molecule has 168 valence electrons. The van der Waals surface area contributed by atoms with Gasteiger partial charge in [0.2, 0.25) is 5.91 Å². The molecule has 2 atom stereocenters. The summed E-state index contributed by atoms with van der Waals surface area (Å²) in [4.78, 5) is 43.5. The molecule has 0 radical (unpaired) electrons. The van der Waals surface area contributed by atoms with Gasteiger partial charge in [0.05, 0.1) is 33.9 Å². The van der Waals surface area contributed by atoms with Crippen molar-refractivity contribution in [3.05, 3.63) is 28.6 Å². The highest BCUT2D eigenvalue weighted by Gasteiger charge is 2.25. The average molecular weight is 464 g/mol. The van der Waals surface area contributed by atoms with Gasteiger partial charge in [0.15, 0.2) is 4.80 Å². The van der Waals surface area contributed by atoms with E-state index < -0.39 is 0 Å². The Bertz CT molecular complexity index is 1030. The van der Waals surface area contributed by atoms with Gasteiger partial charge in [-0.15, -0.1) is 11.8 Å². The van der Waals surface area contributed by atoms with E-state index >= 15 is 0 Å². The molecule has 9 heteroatoms. The van der Waals surface area contributed by atoms with Crippen LogP contribution >= 0.6 is 23.1 Å². The molecule has 0 bridgehead atoms. The lowest BCUT2D eigenvalue weighted by Crippen LogP contribution is -2.43. The second kappa shape index (κ2) is 10.5. The number of benzene rings is 1. The van der Waals surface area contributed by atoms with Crippen LogP contribution in [0.2, 0.25) is 0 Å². The van der Waals surface area contributed by atoms with Gasteiger partial charge < -0.3 is 14.2 Å². The molecule has 2 amide bonds. The first kappa shape index (κ1) is 23.5. The van der Waals surface area contributed by atoms with Crippen LogP contribution in [0.3, 0.4) is 0 Å². The Kier molecular flexibility index (Phi) is 7.94. The summed E-state index contributed by atoms with van der Waals surface area (Å²) < 4.78 is 7.73. The van der Waals surface area contributed by atoms with E-state index in [0.717, 1.165) is 29.7 Å². The van der Waals surface area contributed by atoms with E-state index in [0.29, 0.717) is 34.6 Å². The van der Waals surface area contributed by atoms with Crippen LogP contribution in [0.25, 0.3) is 10.2 Å². The number of nitrogens with zero attached hydrogens (tertiary/aromatic N) is 3. The third-order valence-electron chi connectivity index (χ3n) is 5.21. The first-order chi connectivity index (χ1) is 14.8. The molecule has 0 saturated carbocycles. The van der Waals surface area contributed by atoms with E-state index in [9.17, 15) is 14.4 Å². The number of thioether (sulfide) groups is 1. The number of esters is 1. The van der Waals surface area contributed by atoms with E-state index in [1.807, 2.05) is 22.6 Å². The van der Waals surface area contributed by atoms with E-state index in [-0.39, 0.29) is 23.5 Å². The maximum atomic E-state index is 12.5. The number of thiazole rings is 1. The van der Waals surface area contributed by atoms with Gasteiger partial charge in [-0.1, -0.05) is 25.2 Å². The monoisotopic (exact) mass is 463 g/mol. The minimum absolute atomic E-state index is 0.0927. The summed E-state index contributed by atoms with van der Waals surface area (Å²) in [7, 11) is 1.84. The molecule has 31 heavy (non-hydrogen) atoms. The normalized spacial score (nSPS) is 19.6. The molecule has 7 nitrogen and oxygen atoms in total. The number of ether oxygens (including phenoxy) is 1. The average Bonchev–Trinajstić information content (AvgIpc) is 3.02. The SMILES string of the molecule is CCOC(=O)c1ccc2c(c1)sc(=NC(=O)CSCC(=O)N1CC(C)CC(C)C1)n2C. The van der Waals surface area contributed by atoms with Crippen molar-refractivity contribution in [1.29, 1.82) is 0 Å². The van der Waals surface area contributed by atoms with E-state index in [4.69, 9.17) is 4.74 Å². The number of hydrogen-bond acceptors (Lipinski definition) is 6. The number of fused-ring (bicyclic) bond motifs is 1. The summed E-state index contributed by atoms with van der Waals surface area (Å²) in [5.74, 6) is 0.947. The van der Waals surface area contributed by atoms with Gasteiger partial charge in [0.1, 0.15) is 0 Å². The standard InChI is InChI=1S/C22H29N3O4S2/c1-5-29-21(28)16-6-7-17-18(9-16)31-22(24(17)4)23-19(26)12-30-13-20(27)25-10-14(2)8-15(3)11-25/h6-7,9,14-15H,5,8,10-13H2,1-4H3. The molecular weight excluding hydrogens is 434 g/mol. The van der Waals surface area contributed by atoms with Crippen LogP contribution < -0.4 is 4.80 Å². The molecule has 2 heterocycles. The largest absolute Gasteiger partial charge is 0.462 e. The van der Waals surface area contributed by atoms with E-state index in [2.05, 4.69) is 18.8 Å². The van der Waals surface area contributed by atoms with Gasteiger partial charge in [-0.2, -0.15) is 4.99 Å². The quantitative estimate of drug-likeness (QED) is 0.615. The molecule has 0 spiro atoms. The summed E-state index contributed by atoms with van der Waals surface area (Å²) in [5, 5.41) is 0. The minimum Gasteiger partial charge on any atom is -0.462 e. The van der Waals surface area contributed by atoms with Crippen molar-refractivity contribution in [3.63, 3.8) is 0 Å². The highest BCUT2D eigenvalue weighted by Crippen LogP contribution is 2.22. The fourth-order valence-corrected chi connectivity index (χ4v) is 5.68. The number of aryl methyl sites for hydroxylation is 1. The number of aromatic nitrogens is 1. The lowest BCUT2D eigenvalue weighted by Gasteiger charge is -2.35. The molecule has 1 saturated heterocycles.